The average Bonchev–Trinajstić information content (AvgIpc) is 3.33. The number of aryl methyl sites for hydroxylation is 2. The lowest BCUT2D eigenvalue weighted by Gasteiger charge is -2.07. The van der Waals surface area contributed by atoms with Crippen LogP contribution < -0.4 is 4.57 Å². The lowest BCUT2D eigenvalue weighted by Crippen LogP contribution is -2.37. The Hall–Kier alpha value is -0.790. The van der Waals surface area contributed by atoms with Crippen LogP contribution in [0.2, 0.25) is 0 Å². The Kier molecular flexibility index (Phi) is 26.7. The van der Waals surface area contributed by atoms with Gasteiger partial charge >= 0.3 is 0 Å². The zero-order valence-electron chi connectivity index (χ0n) is 27.5. The number of hydrogen-bond donors (Lipinski definition) is 0. The van der Waals surface area contributed by atoms with Gasteiger partial charge in [-0.05, 0) is 32.1 Å². The predicted octanol–water partition coefficient (Wildman–Crippen LogP) is 12.3. The SMILES string of the molecule is CCCCCCCCCCCCCCCc1n(CCCCCC)cc[n+]1CCCCCCCCCCCCC. The van der Waals surface area contributed by atoms with Gasteiger partial charge in [0.2, 0.25) is 0 Å². The van der Waals surface area contributed by atoms with Gasteiger partial charge in [0.05, 0.1) is 13.1 Å². The first-order valence-electron chi connectivity index (χ1n) is 18.4. The second-order valence-corrected chi connectivity index (χ2v) is 12.7. The monoisotopic (exact) mass is 546 g/mol. The van der Waals surface area contributed by atoms with Crippen LogP contribution >= 0.6 is 0 Å². The maximum absolute atomic E-state index is 2.62. The maximum atomic E-state index is 2.62. The lowest BCUT2D eigenvalue weighted by molar-refractivity contribution is -0.704. The molecular weight excluding hydrogens is 472 g/mol. The molecule has 0 aliphatic carbocycles. The van der Waals surface area contributed by atoms with Crippen molar-refractivity contribution in [2.24, 2.45) is 0 Å². The molecule has 0 aromatic carbocycles. The van der Waals surface area contributed by atoms with Gasteiger partial charge in [0.25, 0.3) is 5.82 Å². The molecule has 0 spiro atoms. The Bertz CT molecular complexity index is 605. The summed E-state index contributed by atoms with van der Waals surface area (Å²) < 4.78 is 5.22. The van der Waals surface area contributed by atoms with Crippen molar-refractivity contribution < 1.29 is 4.57 Å². The molecular formula is C37H73N2+. The van der Waals surface area contributed by atoms with Crippen molar-refractivity contribution in [2.45, 2.75) is 220 Å². The number of imidazole rings is 1. The summed E-state index contributed by atoms with van der Waals surface area (Å²) in [6.45, 7) is 9.39. The molecule has 230 valence electrons. The highest BCUT2D eigenvalue weighted by molar-refractivity contribution is 4.84. The highest BCUT2D eigenvalue weighted by atomic mass is 15.1. The van der Waals surface area contributed by atoms with Gasteiger partial charge in [-0.1, -0.05) is 168 Å². The largest absolute Gasteiger partial charge is 0.256 e. The van der Waals surface area contributed by atoms with Gasteiger partial charge in [-0.25, -0.2) is 9.13 Å². The van der Waals surface area contributed by atoms with Crippen LogP contribution in [0.3, 0.4) is 0 Å². The van der Waals surface area contributed by atoms with Gasteiger partial charge in [-0.2, -0.15) is 0 Å². The molecule has 0 unspecified atom stereocenters. The molecule has 39 heavy (non-hydrogen) atoms. The van der Waals surface area contributed by atoms with E-state index < -0.39 is 0 Å². The minimum atomic E-state index is 1.22. The highest BCUT2D eigenvalue weighted by Gasteiger charge is 2.16. The molecule has 1 heterocycles. The summed E-state index contributed by atoms with van der Waals surface area (Å²) in [5.74, 6) is 1.61. The van der Waals surface area contributed by atoms with Crippen LogP contribution in [0.15, 0.2) is 12.4 Å². The molecule has 0 radical (unpaired) electrons. The van der Waals surface area contributed by atoms with E-state index in [2.05, 4.69) is 42.3 Å². The van der Waals surface area contributed by atoms with E-state index in [1.807, 2.05) is 0 Å². The molecule has 1 aromatic heterocycles. The molecule has 0 amide bonds. The molecule has 0 N–H and O–H groups in total. The normalized spacial score (nSPS) is 11.6. The summed E-state index contributed by atoms with van der Waals surface area (Å²) in [7, 11) is 0. The van der Waals surface area contributed by atoms with Gasteiger partial charge in [0.1, 0.15) is 12.4 Å². The van der Waals surface area contributed by atoms with Gasteiger partial charge in [-0.3, -0.25) is 0 Å². The number of aromatic nitrogens is 2. The van der Waals surface area contributed by atoms with Crippen LogP contribution in [0, 0.1) is 0 Å². The zero-order chi connectivity index (χ0) is 28.1. The third-order valence-electron chi connectivity index (χ3n) is 8.85. The quantitative estimate of drug-likeness (QED) is 0.0648. The zero-order valence-corrected chi connectivity index (χ0v) is 27.5. The first-order chi connectivity index (χ1) is 19.3. The second-order valence-electron chi connectivity index (χ2n) is 12.7. The molecule has 2 nitrogen and oxygen atoms in total. The molecule has 0 aliphatic rings. The standard InChI is InChI=1S/C37H73N2/c1-4-7-10-13-15-17-19-20-21-23-25-27-29-32-37-38(33-30-12-9-6-3)35-36-39(37)34-31-28-26-24-22-18-16-14-11-8-5-2/h35-36H,4-34H2,1-3H3/q+1. The number of nitrogens with zero attached hydrogens (tertiary/aromatic N) is 2. The molecule has 0 atom stereocenters. The van der Waals surface area contributed by atoms with Crippen molar-refractivity contribution in [3.8, 4) is 0 Å². The van der Waals surface area contributed by atoms with Crippen LogP contribution in [0.5, 0.6) is 0 Å². The lowest BCUT2D eigenvalue weighted by atomic mass is 10.0. The highest BCUT2D eigenvalue weighted by Crippen LogP contribution is 2.15. The number of rotatable bonds is 31. The Labute approximate surface area is 247 Å². The first-order valence-corrected chi connectivity index (χ1v) is 18.4. The van der Waals surface area contributed by atoms with E-state index in [0.717, 1.165) is 0 Å². The van der Waals surface area contributed by atoms with E-state index in [0.29, 0.717) is 0 Å². The van der Waals surface area contributed by atoms with Crippen LogP contribution in [0.25, 0.3) is 0 Å². The second kappa shape index (κ2) is 28.7. The minimum Gasteiger partial charge on any atom is -0.234 e. The minimum absolute atomic E-state index is 1.22. The van der Waals surface area contributed by atoms with E-state index in [1.165, 1.54) is 199 Å². The van der Waals surface area contributed by atoms with Crippen molar-refractivity contribution in [1.82, 2.24) is 4.57 Å². The fourth-order valence-corrected chi connectivity index (χ4v) is 6.15. The van der Waals surface area contributed by atoms with E-state index in [4.69, 9.17) is 0 Å². The van der Waals surface area contributed by atoms with E-state index >= 15 is 0 Å². The summed E-state index contributed by atoms with van der Waals surface area (Å²) in [6.07, 6.45) is 45.9. The molecule has 2 heteroatoms. The summed E-state index contributed by atoms with van der Waals surface area (Å²) in [4.78, 5) is 0. The molecule has 0 saturated carbocycles. The van der Waals surface area contributed by atoms with Crippen LogP contribution in [-0.4, -0.2) is 4.57 Å². The van der Waals surface area contributed by atoms with Crippen molar-refractivity contribution in [3.05, 3.63) is 18.2 Å². The van der Waals surface area contributed by atoms with Crippen LogP contribution in [-0.2, 0) is 19.5 Å². The van der Waals surface area contributed by atoms with Crippen molar-refractivity contribution >= 4 is 0 Å². The smallest absolute Gasteiger partial charge is 0.234 e. The van der Waals surface area contributed by atoms with Gasteiger partial charge in [0.15, 0.2) is 0 Å². The fraction of sp³-hybridized carbons (Fsp3) is 0.919. The Balaban J connectivity index is 2.22. The van der Waals surface area contributed by atoms with E-state index in [-0.39, 0.29) is 0 Å². The van der Waals surface area contributed by atoms with Crippen LogP contribution in [0.1, 0.15) is 206 Å². The summed E-state index contributed by atoms with van der Waals surface area (Å²) in [6, 6.07) is 0. The number of hydrogen-bond acceptors (Lipinski definition) is 0. The third-order valence-corrected chi connectivity index (χ3v) is 8.85. The van der Waals surface area contributed by atoms with Gasteiger partial charge < -0.3 is 0 Å². The Morgan fingerprint density at radius 3 is 1.23 bits per heavy atom. The molecule has 1 aromatic rings. The summed E-state index contributed by atoms with van der Waals surface area (Å²) >= 11 is 0. The van der Waals surface area contributed by atoms with Crippen molar-refractivity contribution in [2.75, 3.05) is 0 Å². The molecule has 1 rings (SSSR count). The van der Waals surface area contributed by atoms with E-state index in [1.54, 1.807) is 5.82 Å². The molecule has 0 aliphatic heterocycles. The van der Waals surface area contributed by atoms with Crippen molar-refractivity contribution in [3.63, 3.8) is 0 Å². The number of unbranched alkanes of at least 4 members (excludes halogenated alkanes) is 25. The third kappa shape index (κ3) is 21.6. The fourth-order valence-electron chi connectivity index (χ4n) is 6.15. The van der Waals surface area contributed by atoms with E-state index in [9.17, 15) is 0 Å². The maximum Gasteiger partial charge on any atom is 0.256 e. The summed E-state index contributed by atoms with van der Waals surface area (Å²) in [5, 5.41) is 0. The molecule has 0 bridgehead atoms. The Morgan fingerprint density at radius 1 is 0.436 bits per heavy atom. The molecule has 0 fully saturated rings. The van der Waals surface area contributed by atoms with Gasteiger partial charge in [0, 0.05) is 6.42 Å². The first kappa shape index (κ1) is 36.2. The van der Waals surface area contributed by atoms with Gasteiger partial charge in [-0.15, -0.1) is 0 Å². The average molecular weight is 546 g/mol. The summed E-state index contributed by atoms with van der Waals surface area (Å²) in [5.41, 5.74) is 0. The predicted molar refractivity (Wildman–Crippen MR) is 175 cm³/mol. The van der Waals surface area contributed by atoms with Crippen LogP contribution in [0.4, 0.5) is 0 Å². The Morgan fingerprint density at radius 2 is 0.795 bits per heavy atom. The topological polar surface area (TPSA) is 8.81 Å². The van der Waals surface area contributed by atoms with Crippen molar-refractivity contribution in [1.29, 1.82) is 0 Å². The molecule has 0 saturated heterocycles.